The van der Waals surface area contributed by atoms with Crippen LogP contribution in [0.15, 0.2) is 217 Å². The molecule has 0 saturated heterocycles. The lowest BCUT2D eigenvalue weighted by Gasteiger charge is -2.16. The fourth-order valence-corrected chi connectivity index (χ4v) is 11.8. The lowest BCUT2D eigenvalue weighted by molar-refractivity contribution is 0.669. The van der Waals surface area contributed by atoms with Gasteiger partial charge in [0.2, 0.25) is 0 Å². The van der Waals surface area contributed by atoms with Crippen LogP contribution in [0.5, 0.6) is 0 Å². The normalized spacial score (nSPS) is 12.1. The average molecular weight is 886 g/mol. The molecule has 0 radical (unpaired) electrons. The number of benzene rings is 10. The molecular weight excluding hydrogens is 851 g/mol. The van der Waals surface area contributed by atoms with E-state index in [0.29, 0.717) is 17.5 Å². The highest BCUT2D eigenvalue weighted by Gasteiger charge is 2.23. The van der Waals surface area contributed by atoms with Gasteiger partial charge < -0.3 is 13.6 Å². The molecular formula is C61H35N5OS. The molecule has 0 spiro atoms. The largest absolute Gasteiger partial charge is 0.456 e. The molecule has 5 aromatic heterocycles. The van der Waals surface area contributed by atoms with E-state index in [2.05, 4.69) is 203 Å². The molecule has 15 rings (SSSR count). The maximum absolute atomic E-state index is 6.31. The van der Waals surface area contributed by atoms with Crippen LogP contribution in [0.4, 0.5) is 0 Å². The first-order valence-corrected chi connectivity index (χ1v) is 23.6. The third-order valence-corrected chi connectivity index (χ3v) is 14.9. The molecule has 0 atom stereocenters. The summed E-state index contributed by atoms with van der Waals surface area (Å²) in [6, 6.07) is 75.7. The number of furan rings is 1. The summed E-state index contributed by atoms with van der Waals surface area (Å²) >= 11 is 1.80. The quantitative estimate of drug-likeness (QED) is 0.173. The lowest BCUT2D eigenvalue weighted by atomic mass is 10.0. The van der Waals surface area contributed by atoms with Crippen LogP contribution in [-0.2, 0) is 0 Å². The Balaban J connectivity index is 1.05. The Morgan fingerprint density at radius 2 is 0.926 bits per heavy atom. The summed E-state index contributed by atoms with van der Waals surface area (Å²) in [5.74, 6) is 1.76. The van der Waals surface area contributed by atoms with Crippen LogP contribution in [0.1, 0.15) is 0 Å². The fraction of sp³-hybridized carbons (Fsp3) is 0. The van der Waals surface area contributed by atoms with Crippen molar-refractivity contribution in [3.05, 3.63) is 212 Å². The smallest absolute Gasteiger partial charge is 0.166 e. The molecule has 0 unspecified atom stereocenters. The molecule has 0 bridgehead atoms. The van der Waals surface area contributed by atoms with Gasteiger partial charge >= 0.3 is 0 Å². The van der Waals surface area contributed by atoms with E-state index < -0.39 is 0 Å². The fourth-order valence-electron chi connectivity index (χ4n) is 10.6. The molecule has 316 valence electrons. The molecule has 0 N–H and O–H groups in total. The number of rotatable bonds is 5. The lowest BCUT2D eigenvalue weighted by Crippen LogP contribution is -2.04. The standard InChI is InChI=1S/C61H35N5OS/c1-2-16-40(17-3-1)65-50-22-10-6-18-41(50)43-28-26-39(33-52(43)65)60-62-59(38-27-29-56-47(31-38)44-20-8-12-24-55(44)67-56)63-61(64-60)49-35-58-48(45-21-9-13-25-57(45)68-58)34-54(49)66-51-23-11-7-19-42(51)46-30-36-14-4-5-15-37(36)32-53(46)66/h1-35H. The first kappa shape index (κ1) is 37.3. The van der Waals surface area contributed by atoms with Crippen LogP contribution in [-0.4, -0.2) is 24.1 Å². The molecule has 0 aliphatic carbocycles. The Morgan fingerprint density at radius 1 is 0.338 bits per heavy atom. The Morgan fingerprint density at radius 3 is 1.75 bits per heavy atom. The van der Waals surface area contributed by atoms with Gasteiger partial charge in [0.15, 0.2) is 17.5 Å². The minimum Gasteiger partial charge on any atom is -0.456 e. The van der Waals surface area contributed by atoms with Gasteiger partial charge in [0.1, 0.15) is 11.2 Å². The number of fused-ring (bicyclic) bond motifs is 13. The molecule has 0 aliphatic heterocycles. The van der Waals surface area contributed by atoms with Crippen LogP contribution < -0.4 is 0 Å². The van der Waals surface area contributed by atoms with Crippen LogP contribution in [0.25, 0.3) is 142 Å². The number of aromatic nitrogens is 5. The van der Waals surface area contributed by atoms with Gasteiger partial charge in [-0.3, -0.25) is 0 Å². The van der Waals surface area contributed by atoms with Crippen molar-refractivity contribution >= 4 is 108 Å². The third kappa shape index (κ3) is 5.54. The number of nitrogens with zero attached hydrogens (tertiary/aromatic N) is 5. The van der Waals surface area contributed by atoms with Crippen molar-refractivity contribution in [1.29, 1.82) is 0 Å². The van der Waals surface area contributed by atoms with Crippen molar-refractivity contribution in [2.75, 3.05) is 0 Å². The second-order valence-corrected chi connectivity index (χ2v) is 18.7. The van der Waals surface area contributed by atoms with Gasteiger partial charge in [-0.05, 0) is 95.7 Å². The Labute approximate surface area is 392 Å². The van der Waals surface area contributed by atoms with E-state index in [-0.39, 0.29) is 0 Å². The zero-order valence-electron chi connectivity index (χ0n) is 36.3. The molecule has 7 heteroatoms. The number of thiophene rings is 1. The monoisotopic (exact) mass is 885 g/mol. The summed E-state index contributed by atoms with van der Waals surface area (Å²) < 4.78 is 13.5. The summed E-state index contributed by atoms with van der Waals surface area (Å²) in [7, 11) is 0. The highest BCUT2D eigenvalue weighted by Crippen LogP contribution is 2.44. The van der Waals surface area contributed by atoms with Gasteiger partial charge in [-0.25, -0.2) is 15.0 Å². The third-order valence-electron chi connectivity index (χ3n) is 13.7. The molecule has 15 aromatic rings. The highest BCUT2D eigenvalue weighted by atomic mass is 32.1. The average Bonchev–Trinajstić information content (AvgIpc) is 4.14. The van der Waals surface area contributed by atoms with Crippen LogP contribution in [0.2, 0.25) is 0 Å². The number of hydrogen-bond donors (Lipinski definition) is 0. The summed E-state index contributed by atoms with van der Waals surface area (Å²) in [5, 5.41) is 11.6. The molecule has 5 heterocycles. The van der Waals surface area contributed by atoms with E-state index in [1.54, 1.807) is 11.3 Å². The Hall–Kier alpha value is -8.91. The van der Waals surface area contributed by atoms with Gasteiger partial charge in [-0.2, -0.15) is 0 Å². The first-order chi connectivity index (χ1) is 33.7. The Kier molecular flexibility index (Phi) is 7.85. The summed E-state index contributed by atoms with van der Waals surface area (Å²) in [6.45, 7) is 0. The predicted octanol–water partition coefficient (Wildman–Crippen LogP) is 16.5. The van der Waals surface area contributed by atoms with E-state index in [4.69, 9.17) is 19.4 Å². The Bertz CT molecular complexity index is 4580. The van der Waals surface area contributed by atoms with Crippen molar-refractivity contribution in [3.8, 4) is 45.5 Å². The van der Waals surface area contributed by atoms with E-state index in [9.17, 15) is 0 Å². The van der Waals surface area contributed by atoms with Gasteiger partial charge in [0, 0.05) is 74.9 Å². The molecule has 0 amide bonds. The van der Waals surface area contributed by atoms with Crippen molar-refractivity contribution < 1.29 is 4.42 Å². The van der Waals surface area contributed by atoms with Gasteiger partial charge in [0.05, 0.1) is 27.8 Å². The van der Waals surface area contributed by atoms with Crippen molar-refractivity contribution in [3.63, 3.8) is 0 Å². The molecule has 0 saturated carbocycles. The van der Waals surface area contributed by atoms with Crippen LogP contribution in [0, 0.1) is 0 Å². The first-order valence-electron chi connectivity index (χ1n) is 22.8. The van der Waals surface area contributed by atoms with Crippen molar-refractivity contribution in [1.82, 2.24) is 24.1 Å². The van der Waals surface area contributed by atoms with E-state index in [0.717, 1.165) is 77.5 Å². The van der Waals surface area contributed by atoms with Gasteiger partial charge in [0.25, 0.3) is 0 Å². The number of hydrogen-bond acceptors (Lipinski definition) is 5. The predicted molar refractivity (Wildman–Crippen MR) is 282 cm³/mol. The maximum atomic E-state index is 6.31. The molecule has 6 nitrogen and oxygen atoms in total. The van der Waals surface area contributed by atoms with Gasteiger partial charge in [-0.1, -0.05) is 127 Å². The molecule has 0 aliphatic rings. The van der Waals surface area contributed by atoms with Crippen molar-refractivity contribution in [2.24, 2.45) is 0 Å². The molecule has 0 fully saturated rings. The van der Waals surface area contributed by atoms with E-state index in [1.807, 2.05) is 18.2 Å². The highest BCUT2D eigenvalue weighted by molar-refractivity contribution is 7.25. The maximum Gasteiger partial charge on any atom is 0.166 e. The van der Waals surface area contributed by atoms with E-state index in [1.165, 1.54) is 47.1 Å². The second-order valence-electron chi connectivity index (χ2n) is 17.6. The minimum atomic E-state index is 0.580. The zero-order chi connectivity index (χ0) is 44.5. The SMILES string of the molecule is c1ccc(-n2c3ccccc3c3ccc(-c4nc(-c5ccc6oc7ccccc7c6c5)nc(-c5cc6sc7ccccc7c6cc5-n5c6ccccc6c6cc7ccccc7cc65)n4)cc32)cc1. The summed E-state index contributed by atoms with van der Waals surface area (Å²) in [4.78, 5) is 16.4. The summed E-state index contributed by atoms with van der Waals surface area (Å²) in [6.07, 6.45) is 0. The van der Waals surface area contributed by atoms with Crippen LogP contribution >= 0.6 is 11.3 Å². The zero-order valence-corrected chi connectivity index (χ0v) is 37.1. The second kappa shape index (κ2) is 14.3. The summed E-state index contributed by atoms with van der Waals surface area (Å²) in [5.41, 5.74) is 10.9. The molecule has 10 aromatic carbocycles. The van der Waals surface area contributed by atoms with Gasteiger partial charge in [-0.15, -0.1) is 11.3 Å². The van der Waals surface area contributed by atoms with Crippen LogP contribution in [0.3, 0.4) is 0 Å². The van der Waals surface area contributed by atoms with E-state index >= 15 is 0 Å². The molecule has 68 heavy (non-hydrogen) atoms. The minimum absolute atomic E-state index is 0.580. The number of para-hydroxylation sites is 4. The van der Waals surface area contributed by atoms with Crippen molar-refractivity contribution in [2.45, 2.75) is 0 Å². The topological polar surface area (TPSA) is 61.7 Å².